The first-order valence-electron chi connectivity index (χ1n) is 7.64. The Labute approximate surface area is 147 Å². The number of halogens is 2. The van der Waals surface area contributed by atoms with E-state index < -0.39 is 17.8 Å². The molecule has 2 N–H and O–H groups in total. The largest absolute Gasteiger partial charge is 0.482 e. The lowest BCUT2D eigenvalue weighted by Crippen LogP contribution is -2.50. The van der Waals surface area contributed by atoms with E-state index in [0.29, 0.717) is 13.0 Å². The Morgan fingerprint density at radius 3 is 3.12 bits per heavy atom. The van der Waals surface area contributed by atoms with Crippen LogP contribution in [0.5, 0.6) is 5.75 Å². The molecule has 2 amide bonds. The number of hydrogen-bond donors (Lipinski definition) is 2. The summed E-state index contributed by atoms with van der Waals surface area (Å²) in [5, 5.41) is 5.41. The summed E-state index contributed by atoms with van der Waals surface area (Å²) in [5.41, 5.74) is 0.0437. The molecule has 1 saturated heterocycles. The minimum Gasteiger partial charge on any atom is -0.482 e. The SMILES string of the molecule is O=C(N[C@H]1CCCNC1=O)c1coc(COc2ccc(F)cc2Cl)n1. The molecule has 132 valence electrons. The zero-order valence-electron chi connectivity index (χ0n) is 13.1. The van der Waals surface area contributed by atoms with E-state index in [9.17, 15) is 14.0 Å². The highest BCUT2D eigenvalue weighted by molar-refractivity contribution is 6.32. The molecule has 2 heterocycles. The van der Waals surface area contributed by atoms with Crippen molar-refractivity contribution in [1.82, 2.24) is 15.6 Å². The zero-order valence-corrected chi connectivity index (χ0v) is 13.8. The van der Waals surface area contributed by atoms with Gasteiger partial charge in [0, 0.05) is 6.54 Å². The van der Waals surface area contributed by atoms with E-state index in [1.807, 2.05) is 0 Å². The molecule has 0 unspecified atom stereocenters. The van der Waals surface area contributed by atoms with Gasteiger partial charge in [0.2, 0.25) is 11.8 Å². The number of amides is 2. The fourth-order valence-corrected chi connectivity index (χ4v) is 2.58. The van der Waals surface area contributed by atoms with E-state index in [1.165, 1.54) is 18.4 Å². The predicted octanol–water partition coefficient (Wildman–Crippen LogP) is 2.05. The van der Waals surface area contributed by atoms with Gasteiger partial charge in [-0.3, -0.25) is 9.59 Å². The number of ether oxygens (including phenoxy) is 1. The number of aromatic nitrogens is 1. The Morgan fingerprint density at radius 1 is 1.52 bits per heavy atom. The number of oxazole rings is 1. The summed E-state index contributed by atoms with van der Waals surface area (Å²) in [4.78, 5) is 27.8. The monoisotopic (exact) mass is 367 g/mol. The number of nitrogens with one attached hydrogen (secondary N) is 2. The smallest absolute Gasteiger partial charge is 0.273 e. The number of piperidine rings is 1. The molecule has 1 aromatic heterocycles. The minimum absolute atomic E-state index is 0.0437. The van der Waals surface area contributed by atoms with Crippen molar-refractivity contribution in [3.63, 3.8) is 0 Å². The summed E-state index contributed by atoms with van der Waals surface area (Å²) in [7, 11) is 0. The topological polar surface area (TPSA) is 93.5 Å². The van der Waals surface area contributed by atoms with Gasteiger partial charge < -0.3 is 19.8 Å². The summed E-state index contributed by atoms with van der Waals surface area (Å²) in [5.74, 6) is -0.765. The fraction of sp³-hybridized carbons (Fsp3) is 0.312. The molecule has 1 aliphatic rings. The van der Waals surface area contributed by atoms with Crippen molar-refractivity contribution in [3.8, 4) is 5.75 Å². The fourth-order valence-electron chi connectivity index (χ4n) is 2.36. The average Bonchev–Trinajstić information content (AvgIpc) is 3.05. The van der Waals surface area contributed by atoms with E-state index in [1.54, 1.807) is 0 Å². The van der Waals surface area contributed by atoms with Crippen LogP contribution in [0.2, 0.25) is 5.02 Å². The molecule has 0 radical (unpaired) electrons. The van der Waals surface area contributed by atoms with E-state index in [4.69, 9.17) is 20.8 Å². The van der Waals surface area contributed by atoms with Crippen LogP contribution in [0.4, 0.5) is 4.39 Å². The van der Waals surface area contributed by atoms with Crippen molar-refractivity contribution < 1.29 is 23.1 Å². The third-order valence-electron chi connectivity index (χ3n) is 3.62. The Balaban J connectivity index is 1.58. The number of hydrogen-bond acceptors (Lipinski definition) is 5. The Kier molecular flexibility index (Phi) is 5.18. The normalized spacial score (nSPS) is 17.0. The van der Waals surface area contributed by atoms with Crippen molar-refractivity contribution in [2.75, 3.05) is 6.54 Å². The molecular weight excluding hydrogens is 353 g/mol. The quantitative estimate of drug-likeness (QED) is 0.843. The second-order valence-electron chi connectivity index (χ2n) is 5.45. The summed E-state index contributed by atoms with van der Waals surface area (Å²) < 4.78 is 23.5. The minimum atomic E-state index is -0.573. The lowest BCUT2D eigenvalue weighted by molar-refractivity contribution is -0.124. The van der Waals surface area contributed by atoms with Crippen LogP contribution in [0.25, 0.3) is 0 Å². The Morgan fingerprint density at radius 2 is 2.36 bits per heavy atom. The summed E-state index contributed by atoms with van der Waals surface area (Å²) >= 11 is 5.86. The van der Waals surface area contributed by atoms with Crippen molar-refractivity contribution in [2.24, 2.45) is 0 Å². The third kappa shape index (κ3) is 4.27. The van der Waals surface area contributed by atoms with E-state index in [0.717, 1.165) is 12.5 Å². The molecule has 9 heteroatoms. The predicted molar refractivity (Wildman–Crippen MR) is 85.7 cm³/mol. The molecule has 0 aliphatic carbocycles. The van der Waals surface area contributed by atoms with E-state index >= 15 is 0 Å². The molecule has 1 fully saturated rings. The van der Waals surface area contributed by atoms with Crippen LogP contribution in [0.3, 0.4) is 0 Å². The van der Waals surface area contributed by atoms with Crippen molar-refractivity contribution in [3.05, 3.63) is 46.9 Å². The van der Waals surface area contributed by atoms with E-state index in [2.05, 4.69) is 15.6 Å². The van der Waals surface area contributed by atoms with Crippen LogP contribution in [0.15, 0.2) is 28.9 Å². The molecule has 25 heavy (non-hydrogen) atoms. The molecule has 1 atom stereocenters. The van der Waals surface area contributed by atoms with E-state index in [-0.39, 0.29) is 34.9 Å². The van der Waals surface area contributed by atoms with Gasteiger partial charge in [-0.2, -0.15) is 0 Å². The first kappa shape index (κ1) is 17.2. The summed E-state index contributed by atoms with van der Waals surface area (Å²) in [6.07, 6.45) is 2.56. The lowest BCUT2D eigenvalue weighted by Gasteiger charge is -2.22. The van der Waals surface area contributed by atoms with Gasteiger partial charge >= 0.3 is 0 Å². The number of rotatable bonds is 5. The summed E-state index contributed by atoms with van der Waals surface area (Å²) in [6.45, 7) is 0.533. The van der Waals surface area contributed by atoms with Gasteiger partial charge in [-0.25, -0.2) is 9.37 Å². The molecule has 7 nitrogen and oxygen atoms in total. The van der Waals surface area contributed by atoms with Gasteiger partial charge in [-0.05, 0) is 31.0 Å². The molecule has 2 aromatic rings. The van der Waals surface area contributed by atoms with Crippen molar-refractivity contribution >= 4 is 23.4 Å². The number of carbonyl (C=O) groups is 2. The van der Waals surface area contributed by atoms with Crippen LogP contribution < -0.4 is 15.4 Å². The Hall–Kier alpha value is -2.61. The summed E-state index contributed by atoms with van der Waals surface area (Å²) in [6, 6.07) is 3.15. The van der Waals surface area contributed by atoms with Crippen LogP contribution in [0, 0.1) is 5.82 Å². The molecule has 3 rings (SSSR count). The van der Waals surface area contributed by atoms with Gasteiger partial charge in [-0.1, -0.05) is 11.6 Å². The van der Waals surface area contributed by atoms with Crippen molar-refractivity contribution in [1.29, 1.82) is 0 Å². The first-order chi connectivity index (χ1) is 12.0. The highest BCUT2D eigenvalue weighted by atomic mass is 35.5. The van der Waals surface area contributed by atoms with Gasteiger partial charge in [0.15, 0.2) is 12.3 Å². The average molecular weight is 368 g/mol. The zero-order chi connectivity index (χ0) is 17.8. The maximum Gasteiger partial charge on any atom is 0.273 e. The number of carbonyl (C=O) groups excluding carboxylic acids is 2. The standard InChI is InChI=1S/C16H15ClFN3O4/c17-10-6-9(18)3-4-13(10)24-8-14-20-12(7-25-14)16(23)21-11-2-1-5-19-15(11)22/h3-4,6-7,11H,1-2,5,8H2,(H,19,22)(H,21,23)/t11-/m0/s1. The highest BCUT2D eigenvalue weighted by Crippen LogP contribution is 2.25. The molecule has 1 aliphatic heterocycles. The molecule has 0 spiro atoms. The number of nitrogens with zero attached hydrogens (tertiary/aromatic N) is 1. The highest BCUT2D eigenvalue weighted by Gasteiger charge is 2.25. The van der Waals surface area contributed by atoms with Gasteiger partial charge in [-0.15, -0.1) is 0 Å². The molecule has 1 aromatic carbocycles. The number of benzene rings is 1. The molecule has 0 saturated carbocycles. The Bertz CT molecular complexity index is 795. The maximum atomic E-state index is 13.0. The lowest BCUT2D eigenvalue weighted by atomic mass is 10.1. The molecular formula is C16H15ClFN3O4. The van der Waals surface area contributed by atoms with Gasteiger partial charge in [0.1, 0.15) is 23.9 Å². The third-order valence-corrected chi connectivity index (χ3v) is 3.92. The maximum absolute atomic E-state index is 13.0. The molecule has 0 bridgehead atoms. The van der Waals surface area contributed by atoms with Crippen LogP contribution in [-0.4, -0.2) is 29.4 Å². The van der Waals surface area contributed by atoms with Crippen LogP contribution in [0.1, 0.15) is 29.2 Å². The second kappa shape index (κ2) is 7.52. The first-order valence-corrected chi connectivity index (χ1v) is 8.01. The van der Waals surface area contributed by atoms with Crippen molar-refractivity contribution in [2.45, 2.75) is 25.5 Å². The van der Waals surface area contributed by atoms with Crippen LogP contribution in [-0.2, 0) is 11.4 Å². The van der Waals surface area contributed by atoms with Gasteiger partial charge in [0.05, 0.1) is 5.02 Å². The second-order valence-corrected chi connectivity index (χ2v) is 5.86. The van der Waals surface area contributed by atoms with Gasteiger partial charge in [0.25, 0.3) is 5.91 Å². The van der Waals surface area contributed by atoms with Crippen LogP contribution >= 0.6 is 11.6 Å².